The second-order valence-corrected chi connectivity index (χ2v) is 10.8. The molecule has 1 saturated carbocycles. The Morgan fingerprint density at radius 3 is 2.53 bits per heavy atom. The van der Waals surface area contributed by atoms with Crippen molar-refractivity contribution in [2.24, 2.45) is 11.0 Å². The second kappa shape index (κ2) is 7.35. The van der Waals surface area contributed by atoms with Gasteiger partial charge in [-0.25, -0.2) is 0 Å². The summed E-state index contributed by atoms with van der Waals surface area (Å²) in [4.78, 5) is 13.6. The first kappa shape index (κ1) is 16.6. The van der Waals surface area contributed by atoms with Crippen molar-refractivity contribution in [2.45, 2.75) is 44.2 Å². The van der Waals surface area contributed by atoms with E-state index in [9.17, 15) is 4.79 Å². The number of carboxylic acid groups (broad SMARTS) is 1. The molecule has 1 N–H and O–H groups in total. The van der Waals surface area contributed by atoms with Gasteiger partial charge in [-0.3, -0.25) is 4.79 Å². The minimum absolute atomic E-state index is 0.104. The maximum atomic E-state index is 11.0. The van der Waals surface area contributed by atoms with Crippen LogP contribution in [0.5, 0.6) is 0 Å². The summed E-state index contributed by atoms with van der Waals surface area (Å²) < 4.78 is 5.43. The number of carbonyl (C=O) groups is 1. The molecule has 0 spiro atoms. The Hall–Kier alpha value is -0.463. The first-order valence-electron chi connectivity index (χ1n) is 6.21. The number of carboxylic acids is 1. The Kier molecular flexibility index (Phi) is 6.42. The first-order valence-corrected chi connectivity index (χ1v) is 10.2. The molecule has 0 bridgehead atoms. The van der Waals surface area contributed by atoms with Gasteiger partial charge in [-0.2, -0.15) is 0 Å². The van der Waals surface area contributed by atoms with Crippen LogP contribution < -0.4 is 0 Å². The largest absolute Gasteiger partial charge is 0.481 e. The highest BCUT2D eigenvalue weighted by Crippen LogP contribution is 2.44. The van der Waals surface area contributed by atoms with Crippen LogP contribution in [0.25, 0.3) is 10.4 Å². The van der Waals surface area contributed by atoms with E-state index in [1.807, 2.05) is 6.92 Å². The third-order valence-corrected chi connectivity index (χ3v) is 8.17. The Balaban J connectivity index is 2.61. The van der Waals surface area contributed by atoms with Crippen molar-refractivity contribution < 1.29 is 14.3 Å². The minimum atomic E-state index is -2.72. The zero-order valence-corrected chi connectivity index (χ0v) is 13.1. The highest BCUT2D eigenvalue weighted by Gasteiger charge is 2.44. The van der Waals surface area contributed by atoms with Gasteiger partial charge in [-0.05, 0) is 44.1 Å². The monoisotopic (exact) mass is 325 g/mol. The third kappa shape index (κ3) is 4.54. The highest BCUT2D eigenvalue weighted by molar-refractivity contribution is 7.42. The minimum Gasteiger partial charge on any atom is -0.481 e. The lowest BCUT2D eigenvalue weighted by molar-refractivity contribution is -0.140. The van der Waals surface area contributed by atoms with Gasteiger partial charge in [0.25, 0.3) is 0 Å². The molecule has 108 valence electrons. The van der Waals surface area contributed by atoms with E-state index >= 15 is 0 Å². The fourth-order valence-corrected chi connectivity index (χ4v) is 6.07. The molecule has 6 nitrogen and oxygen atoms in total. The van der Waals surface area contributed by atoms with Crippen molar-refractivity contribution in [3.63, 3.8) is 0 Å². The van der Waals surface area contributed by atoms with Crippen molar-refractivity contribution in [2.75, 3.05) is 6.61 Å². The van der Waals surface area contributed by atoms with Crippen molar-refractivity contribution in [1.82, 2.24) is 0 Å². The van der Waals surface area contributed by atoms with Gasteiger partial charge in [0.2, 0.25) is 0 Å². The van der Waals surface area contributed by atoms with Gasteiger partial charge in [0, 0.05) is 17.1 Å². The molecule has 19 heavy (non-hydrogen) atoms. The van der Waals surface area contributed by atoms with E-state index in [1.54, 1.807) is 0 Å². The van der Waals surface area contributed by atoms with Crippen molar-refractivity contribution in [3.05, 3.63) is 10.4 Å². The number of hydrogen-bond donors (Lipinski definition) is 1. The van der Waals surface area contributed by atoms with Gasteiger partial charge in [0.1, 0.15) is 6.04 Å². The van der Waals surface area contributed by atoms with E-state index in [2.05, 4.69) is 10.0 Å². The van der Waals surface area contributed by atoms with Crippen LogP contribution in [-0.2, 0) is 9.22 Å². The standard InChI is InChI=1S/C10H17Cl2N3O3Si/c1-2-18-19(11,12)8-5-3-7(4-6-8)9(10(16)17)14-15-13/h7-9H,2-6H2,1H3,(H,16,17). The molecule has 1 atom stereocenters. The summed E-state index contributed by atoms with van der Waals surface area (Å²) in [6.07, 6.45) is 2.72. The quantitative estimate of drug-likeness (QED) is 0.265. The summed E-state index contributed by atoms with van der Waals surface area (Å²) in [7, 11) is 0. The normalized spacial score (nSPS) is 25.4. The fourth-order valence-electron chi connectivity index (χ4n) is 2.48. The van der Waals surface area contributed by atoms with Crippen LogP contribution in [0.15, 0.2) is 5.11 Å². The molecule has 0 aromatic rings. The first-order chi connectivity index (χ1) is 8.92. The molecule has 0 heterocycles. The maximum absolute atomic E-state index is 11.0. The number of rotatable bonds is 6. The molecule has 0 radical (unpaired) electrons. The summed E-state index contributed by atoms with van der Waals surface area (Å²) in [5.41, 5.74) is 8.51. The summed E-state index contributed by atoms with van der Waals surface area (Å²) >= 11 is 12.5. The van der Waals surface area contributed by atoms with E-state index in [4.69, 9.17) is 37.2 Å². The number of nitrogens with zero attached hydrogens (tertiary/aromatic N) is 3. The van der Waals surface area contributed by atoms with Crippen LogP contribution in [0.2, 0.25) is 5.54 Å². The molecule has 0 aromatic heterocycles. The van der Waals surface area contributed by atoms with Gasteiger partial charge in [0.15, 0.2) is 0 Å². The lowest BCUT2D eigenvalue weighted by atomic mass is 9.84. The molecular formula is C10H17Cl2N3O3Si. The van der Waals surface area contributed by atoms with Crippen LogP contribution in [0, 0.1) is 5.92 Å². The van der Waals surface area contributed by atoms with Crippen molar-refractivity contribution >= 4 is 35.1 Å². The molecule has 1 aliphatic carbocycles. The summed E-state index contributed by atoms with van der Waals surface area (Å²) in [6, 6.07) is -1.00. The Morgan fingerprint density at radius 1 is 1.53 bits per heavy atom. The van der Waals surface area contributed by atoms with E-state index in [-0.39, 0.29) is 11.5 Å². The maximum Gasteiger partial charge on any atom is 0.392 e. The fraction of sp³-hybridized carbons (Fsp3) is 0.900. The SMILES string of the molecule is CCO[Si](Cl)(Cl)C1CCC(C(N=[N+]=[N-])C(=O)O)CC1. The average Bonchev–Trinajstić information content (AvgIpc) is 2.35. The molecule has 0 aromatic carbocycles. The zero-order valence-electron chi connectivity index (χ0n) is 10.6. The molecule has 1 unspecified atom stereocenters. The van der Waals surface area contributed by atoms with E-state index in [0.29, 0.717) is 32.3 Å². The van der Waals surface area contributed by atoms with Gasteiger partial charge in [0.05, 0.1) is 0 Å². The number of hydrogen-bond acceptors (Lipinski definition) is 3. The van der Waals surface area contributed by atoms with Gasteiger partial charge >= 0.3 is 12.9 Å². The molecule has 0 aliphatic heterocycles. The molecule has 0 amide bonds. The Morgan fingerprint density at radius 2 is 2.11 bits per heavy atom. The molecule has 1 rings (SSSR count). The number of halogens is 2. The van der Waals surface area contributed by atoms with Crippen LogP contribution in [0.3, 0.4) is 0 Å². The molecular weight excluding hydrogens is 309 g/mol. The van der Waals surface area contributed by atoms with E-state index < -0.39 is 18.9 Å². The predicted molar refractivity (Wildman–Crippen MR) is 75.4 cm³/mol. The lowest BCUT2D eigenvalue weighted by Crippen LogP contribution is -2.37. The van der Waals surface area contributed by atoms with Gasteiger partial charge < -0.3 is 9.53 Å². The smallest absolute Gasteiger partial charge is 0.392 e. The molecule has 1 aliphatic rings. The summed E-state index contributed by atoms with van der Waals surface area (Å²) in [5.74, 6) is -1.23. The van der Waals surface area contributed by atoms with Gasteiger partial charge in [-0.15, -0.1) is 22.2 Å². The van der Waals surface area contributed by atoms with Crippen molar-refractivity contribution in [3.8, 4) is 0 Å². The molecule has 9 heteroatoms. The average molecular weight is 326 g/mol. The predicted octanol–water partition coefficient (Wildman–Crippen LogP) is 3.76. The van der Waals surface area contributed by atoms with Gasteiger partial charge in [-0.1, -0.05) is 5.11 Å². The van der Waals surface area contributed by atoms with Crippen LogP contribution in [-0.4, -0.2) is 30.7 Å². The highest BCUT2D eigenvalue weighted by atomic mass is 35.7. The van der Waals surface area contributed by atoms with Crippen LogP contribution >= 0.6 is 22.2 Å². The van der Waals surface area contributed by atoms with E-state index in [0.717, 1.165) is 0 Å². The Labute approximate surface area is 122 Å². The topological polar surface area (TPSA) is 95.3 Å². The van der Waals surface area contributed by atoms with Crippen LogP contribution in [0.1, 0.15) is 32.6 Å². The van der Waals surface area contributed by atoms with Crippen molar-refractivity contribution in [1.29, 1.82) is 0 Å². The number of azide groups is 1. The Bertz CT molecular complexity index is 367. The summed E-state index contributed by atoms with van der Waals surface area (Å²) in [5, 5.41) is 12.4. The van der Waals surface area contributed by atoms with E-state index in [1.165, 1.54) is 0 Å². The molecule has 0 saturated heterocycles. The third-order valence-electron chi connectivity index (χ3n) is 3.46. The lowest BCUT2D eigenvalue weighted by Gasteiger charge is -2.34. The zero-order chi connectivity index (χ0) is 14.5. The second-order valence-electron chi connectivity index (χ2n) is 4.59. The molecule has 1 fully saturated rings. The summed E-state index contributed by atoms with van der Waals surface area (Å²) in [6.45, 7) is -0.390. The van der Waals surface area contributed by atoms with Crippen LogP contribution in [0.4, 0.5) is 0 Å². The number of aliphatic carboxylic acids is 1.